The molecule has 0 amide bonds. The molecule has 126 valence electrons. The predicted molar refractivity (Wildman–Crippen MR) is 102 cm³/mol. The van der Waals surface area contributed by atoms with Gasteiger partial charge in [-0.3, -0.25) is 10.1 Å². The van der Waals surface area contributed by atoms with E-state index in [4.69, 9.17) is 0 Å². The second-order valence-corrected chi connectivity index (χ2v) is 6.65. The van der Waals surface area contributed by atoms with Gasteiger partial charge in [-0.25, -0.2) is 4.52 Å². The minimum Gasteiger partial charge on any atom is -0.296 e. The van der Waals surface area contributed by atoms with Gasteiger partial charge < -0.3 is 0 Å². The van der Waals surface area contributed by atoms with Gasteiger partial charge in [0.2, 0.25) is 0 Å². The average molecular weight is 358 g/mol. The van der Waals surface area contributed by atoms with Gasteiger partial charge in [0.15, 0.2) is 0 Å². The molecule has 0 unspecified atom stereocenters. The van der Waals surface area contributed by atoms with Gasteiger partial charge in [0.05, 0.1) is 23.5 Å². The number of benzene rings is 1. The number of hydrogen-bond donors (Lipinski definition) is 1. The lowest BCUT2D eigenvalue weighted by Crippen LogP contribution is -1.93. The Balaban J connectivity index is 1.92. The molecule has 1 N–H and O–H groups in total. The summed E-state index contributed by atoms with van der Waals surface area (Å²) in [5.41, 5.74) is 4.51. The second-order valence-electron chi connectivity index (χ2n) is 5.57. The van der Waals surface area contributed by atoms with Crippen molar-refractivity contribution in [3.8, 4) is 17.2 Å². The number of aromatic nitrogens is 4. The largest absolute Gasteiger partial charge is 0.296 e. The van der Waals surface area contributed by atoms with Crippen molar-refractivity contribution in [3.63, 3.8) is 0 Å². The van der Waals surface area contributed by atoms with Crippen LogP contribution in [0.15, 0.2) is 69.9 Å². The van der Waals surface area contributed by atoms with Gasteiger partial charge in [-0.2, -0.15) is 15.5 Å². The van der Waals surface area contributed by atoms with Crippen LogP contribution in [0.4, 0.5) is 0 Å². The molecule has 0 radical (unpaired) electrons. The number of fused-ring (bicyclic) bond motifs is 1. The summed E-state index contributed by atoms with van der Waals surface area (Å²) in [6, 6.07) is 11.9. The lowest BCUT2D eigenvalue weighted by molar-refractivity contribution is 0.951. The number of aliphatic imine (C=N–C) groups is 1. The van der Waals surface area contributed by atoms with E-state index in [-0.39, 0.29) is 0 Å². The Morgan fingerprint density at radius 2 is 2.12 bits per heavy atom. The molecule has 1 aromatic carbocycles. The summed E-state index contributed by atoms with van der Waals surface area (Å²) < 4.78 is 1.84. The number of nitriles is 1. The van der Waals surface area contributed by atoms with Gasteiger partial charge in [0.1, 0.15) is 6.07 Å². The lowest BCUT2D eigenvalue weighted by Gasteiger charge is -2.09. The SMILES string of the molecule is C/N=C\c1cnn2cc(-c3cn[nH]c3)cc(Sc3ccccc3C#N)c12. The third kappa shape index (κ3) is 2.87. The number of aromatic amines is 1. The van der Waals surface area contributed by atoms with E-state index in [2.05, 4.69) is 32.4 Å². The number of nitrogens with one attached hydrogen (secondary N) is 1. The molecule has 0 fully saturated rings. The highest BCUT2D eigenvalue weighted by molar-refractivity contribution is 7.99. The number of nitrogens with zero attached hydrogens (tertiary/aromatic N) is 5. The molecule has 0 saturated carbocycles. The van der Waals surface area contributed by atoms with E-state index in [9.17, 15) is 5.26 Å². The summed E-state index contributed by atoms with van der Waals surface area (Å²) in [7, 11) is 1.74. The molecule has 0 atom stereocenters. The van der Waals surface area contributed by atoms with Gasteiger partial charge in [-0.15, -0.1) is 0 Å². The summed E-state index contributed by atoms with van der Waals surface area (Å²) >= 11 is 1.55. The van der Waals surface area contributed by atoms with E-state index in [1.807, 2.05) is 41.2 Å². The summed E-state index contributed by atoms with van der Waals surface area (Å²) in [5, 5.41) is 20.7. The highest BCUT2D eigenvalue weighted by Crippen LogP contribution is 2.36. The smallest absolute Gasteiger partial charge is 0.100 e. The van der Waals surface area contributed by atoms with E-state index in [1.165, 1.54) is 0 Å². The van der Waals surface area contributed by atoms with Crippen LogP contribution in [0.25, 0.3) is 16.6 Å². The third-order valence-electron chi connectivity index (χ3n) is 3.93. The molecule has 0 saturated heterocycles. The molecular weight excluding hydrogens is 344 g/mol. The van der Waals surface area contributed by atoms with E-state index < -0.39 is 0 Å². The molecule has 0 spiro atoms. The third-order valence-corrected chi connectivity index (χ3v) is 5.04. The lowest BCUT2D eigenvalue weighted by atomic mass is 10.1. The molecule has 4 aromatic rings. The maximum Gasteiger partial charge on any atom is 0.100 e. The topological polar surface area (TPSA) is 82.1 Å². The summed E-state index contributed by atoms with van der Waals surface area (Å²) in [6.07, 6.45) is 9.17. The fourth-order valence-electron chi connectivity index (χ4n) is 2.75. The van der Waals surface area contributed by atoms with Crippen molar-refractivity contribution in [1.29, 1.82) is 5.26 Å². The maximum absolute atomic E-state index is 9.40. The zero-order chi connectivity index (χ0) is 17.9. The van der Waals surface area contributed by atoms with Crippen molar-refractivity contribution in [3.05, 3.63) is 66.2 Å². The molecule has 6 nitrogen and oxygen atoms in total. The number of pyridine rings is 1. The van der Waals surface area contributed by atoms with Crippen molar-refractivity contribution >= 4 is 23.5 Å². The first-order valence-electron chi connectivity index (χ1n) is 7.90. The monoisotopic (exact) mass is 358 g/mol. The van der Waals surface area contributed by atoms with Gasteiger partial charge in [-0.1, -0.05) is 23.9 Å². The standard InChI is InChI=1S/C19H14N6S/c1-21-8-16-11-24-25-12-14(15-9-22-23-10-15)6-18(19(16)25)26-17-5-3-2-4-13(17)7-20/h2-6,8-12H,1H3,(H,22,23)/b21-8-. The zero-order valence-electron chi connectivity index (χ0n) is 13.9. The molecule has 0 aliphatic carbocycles. The molecule has 4 rings (SSSR count). The minimum absolute atomic E-state index is 0.648. The first-order chi connectivity index (χ1) is 12.8. The Morgan fingerprint density at radius 3 is 2.88 bits per heavy atom. The van der Waals surface area contributed by atoms with E-state index in [0.29, 0.717) is 5.56 Å². The number of rotatable bonds is 4. The minimum atomic E-state index is 0.648. The molecule has 3 heterocycles. The first kappa shape index (κ1) is 16.1. The molecule has 26 heavy (non-hydrogen) atoms. The second kappa shape index (κ2) is 6.86. The van der Waals surface area contributed by atoms with Crippen molar-refractivity contribution in [2.45, 2.75) is 9.79 Å². The van der Waals surface area contributed by atoms with Crippen LogP contribution >= 0.6 is 11.8 Å². The molecular formula is C19H14N6S. The highest BCUT2D eigenvalue weighted by Gasteiger charge is 2.14. The van der Waals surface area contributed by atoms with Crippen molar-refractivity contribution in [1.82, 2.24) is 19.8 Å². The highest BCUT2D eigenvalue weighted by atomic mass is 32.2. The quantitative estimate of drug-likeness (QED) is 0.563. The van der Waals surface area contributed by atoms with Gasteiger partial charge in [-0.05, 0) is 18.2 Å². The average Bonchev–Trinajstić information content (AvgIpc) is 3.33. The van der Waals surface area contributed by atoms with Crippen LogP contribution in [0.3, 0.4) is 0 Å². The zero-order valence-corrected chi connectivity index (χ0v) is 14.7. The van der Waals surface area contributed by atoms with Crippen LogP contribution in [0.5, 0.6) is 0 Å². The molecule has 0 aliphatic rings. The molecule has 7 heteroatoms. The van der Waals surface area contributed by atoms with Crippen LogP contribution in [-0.4, -0.2) is 33.1 Å². The van der Waals surface area contributed by atoms with Crippen LogP contribution in [0.1, 0.15) is 11.1 Å². The van der Waals surface area contributed by atoms with Crippen molar-refractivity contribution < 1.29 is 0 Å². The van der Waals surface area contributed by atoms with Crippen molar-refractivity contribution in [2.24, 2.45) is 4.99 Å². The maximum atomic E-state index is 9.40. The summed E-state index contributed by atoms with van der Waals surface area (Å²) in [6.45, 7) is 0. The molecule has 0 bridgehead atoms. The van der Waals surface area contributed by atoms with Gasteiger partial charge >= 0.3 is 0 Å². The molecule has 0 aliphatic heterocycles. The summed E-state index contributed by atoms with van der Waals surface area (Å²) in [4.78, 5) is 6.03. The van der Waals surface area contributed by atoms with Crippen LogP contribution in [-0.2, 0) is 0 Å². The Bertz CT molecular complexity index is 1130. The van der Waals surface area contributed by atoms with Gasteiger partial charge in [0, 0.05) is 52.1 Å². The summed E-state index contributed by atoms with van der Waals surface area (Å²) in [5.74, 6) is 0. The van der Waals surface area contributed by atoms with Crippen LogP contribution in [0, 0.1) is 11.3 Å². The van der Waals surface area contributed by atoms with Crippen LogP contribution in [0.2, 0.25) is 0 Å². The molecule has 3 aromatic heterocycles. The predicted octanol–water partition coefficient (Wildman–Crippen LogP) is 3.80. The Labute approximate surface area is 154 Å². The van der Waals surface area contributed by atoms with E-state index >= 15 is 0 Å². The van der Waals surface area contributed by atoms with Gasteiger partial charge in [0.25, 0.3) is 0 Å². The Kier molecular flexibility index (Phi) is 4.25. The van der Waals surface area contributed by atoms with Crippen molar-refractivity contribution in [2.75, 3.05) is 7.05 Å². The number of H-pyrrole nitrogens is 1. The first-order valence-corrected chi connectivity index (χ1v) is 8.71. The Hall–Kier alpha value is -3.37. The fourth-order valence-corrected chi connectivity index (χ4v) is 3.85. The normalized spacial score (nSPS) is 11.2. The van der Waals surface area contributed by atoms with E-state index in [1.54, 1.807) is 37.4 Å². The van der Waals surface area contributed by atoms with E-state index in [0.717, 1.165) is 32.0 Å². The Morgan fingerprint density at radius 1 is 1.23 bits per heavy atom. The fraction of sp³-hybridized carbons (Fsp3) is 0.0526. The number of hydrogen-bond acceptors (Lipinski definition) is 5. The van der Waals surface area contributed by atoms with Crippen LogP contribution < -0.4 is 0 Å².